The molecule has 1 aliphatic heterocycles. The number of benzene rings is 3. The van der Waals surface area contributed by atoms with Crippen molar-refractivity contribution in [2.75, 3.05) is 5.01 Å². The van der Waals surface area contributed by atoms with E-state index in [1.807, 2.05) is 78.9 Å². The lowest BCUT2D eigenvalue weighted by atomic mass is 9.90. The van der Waals surface area contributed by atoms with Crippen LogP contribution in [0.15, 0.2) is 96.1 Å². The summed E-state index contributed by atoms with van der Waals surface area (Å²) in [5.41, 5.74) is 3.83. The van der Waals surface area contributed by atoms with Crippen molar-refractivity contribution in [2.45, 2.75) is 12.3 Å². The lowest BCUT2D eigenvalue weighted by Crippen LogP contribution is -2.26. The molecule has 25 heavy (non-hydrogen) atoms. The average molecular weight is 326 g/mol. The third-order valence-electron chi connectivity index (χ3n) is 4.38. The molecule has 0 spiro atoms. The number of rotatable bonds is 4. The second-order valence-electron chi connectivity index (χ2n) is 6.08. The molecular weight excluding hydrogens is 308 g/mol. The molecule has 0 saturated carbocycles. The maximum Gasteiger partial charge on any atom is 0.260 e. The van der Waals surface area contributed by atoms with Gasteiger partial charge in [0.05, 0.1) is 11.4 Å². The molecule has 3 heteroatoms. The van der Waals surface area contributed by atoms with Crippen molar-refractivity contribution < 1.29 is 4.79 Å². The molecule has 0 radical (unpaired) electrons. The van der Waals surface area contributed by atoms with E-state index in [1.165, 1.54) is 5.01 Å². The van der Waals surface area contributed by atoms with E-state index >= 15 is 0 Å². The van der Waals surface area contributed by atoms with Gasteiger partial charge < -0.3 is 0 Å². The van der Waals surface area contributed by atoms with Gasteiger partial charge in [-0.2, -0.15) is 10.1 Å². The molecule has 0 aliphatic carbocycles. The highest BCUT2D eigenvalue weighted by molar-refractivity contribution is 6.20. The van der Waals surface area contributed by atoms with E-state index in [9.17, 15) is 4.79 Å². The van der Waals surface area contributed by atoms with Crippen LogP contribution in [0.1, 0.15) is 17.0 Å². The van der Waals surface area contributed by atoms with E-state index in [2.05, 4.69) is 12.1 Å². The van der Waals surface area contributed by atoms with Gasteiger partial charge in [-0.05, 0) is 23.3 Å². The fourth-order valence-corrected chi connectivity index (χ4v) is 3.18. The van der Waals surface area contributed by atoms with Crippen molar-refractivity contribution >= 4 is 17.3 Å². The summed E-state index contributed by atoms with van der Waals surface area (Å²) in [7, 11) is 0. The van der Waals surface area contributed by atoms with Gasteiger partial charge in [0.2, 0.25) is 0 Å². The lowest BCUT2D eigenvalue weighted by molar-refractivity contribution is -0.118. The van der Waals surface area contributed by atoms with Crippen molar-refractivity contribution in [1.82, 2.24) is 0 Å². The third kappa shape index (κ3) is 3.09. The summed E-state index contributed by atoms with van der Waals surface area (Å²) in [5, 5.41) is 6.23. The van der Waals surface area contributed by atoms with E-state index < -0.39 is 0 Å². The van der Waals surface area contributed by atoms with Crippen molar-refractivity contribution in [1.29, 1.82) is 0 Å². The van der Waals surface area contributed by atoms with Crippen molar-refractivity contribution in [3.8, 4) is 0 Å². The van der Waals surface area contributed by atoms with Crippen molar-refractivity contribution in [2.24, 2.45) is 5.10 Å². The van der Waals surface area contributed by atoms with Gasteiger partial charge in [0.25, 0.3) is 5.91 Å². The molecule has 4 rings (SSSR count). The topological polar surface area (TPSA) is 32.7 Å². The van der Waals surface area contributed by atoms with E-state index in [-0.39, 0.29) is 11.8 Å². The molecule has 1 amide bonds. The number of amides is 1. The Kier molecular flexibility index (Phi) is 4.13. The number of anilines is 1. The lowest BCUT2D eigenvalue weighted by Gasteiger charge is -2.14. The number of hydrogen-bond acceptors (Lipinski definition) is 2. The fraction of sp³-hybridized carbons (Fsp3) is 0.0909. The Bertz CT molecular complexity index is 889. The van der Waals surface area contributed by atoms with Gasteiger partial charge in [-0.1, -0.05) is 78.9 Å². The fourth-order valence-electron chi connectivity index (χ4n) is 3.18. The summed E-state index contributed by atoms with van der Waals surface area (Å²) in [5.74, 6) is -0.329. The minimum atomic E-state index is -0.332. The monoisotopic (exact) mass is 326 g/mol. The Labute approximate surface area is 147 Å². The number of carbonyl (C=O) groups excluding carboxylic acids is 1. The van der Waals surface area contributed by atoms with Gasteiger partial charge in [0.1, 0.15) is 5.92 Å². The Morgan fingerprint density at radius 1 is 0.760 bits per heavy atom. The molecular formula is C22H18N2O. The second kappa shape index (κ2) is 6.73. The summed E-state index contributed by atoms with van der Waals surface area (Å²) in [6.07, 6.45) is 0.662. The predicted molar refractivity (Wildman–Crippen MR) is 101 cm³/mol. The van der Waals surface area contributed by atoms with Crippen LogP contribution in [0.2, 0.25) is 0 Å². The molecule has 3 aromatic carbocycles. The van der Waals surface area contributed by atoms with Crippen LogP contribution >= 0.6 is 0 Å². The number of hydrazone groups is 1. The first-order chi connectivity index (χ1) is 12.3. The molecule has 1 aliphatic rings. The van der Waals surface area contributed by atoms with Gasteiger partial charge in [-0.25, -0.2) is 0 Å². The third-order valence-corrected chi connectivity index (χ3v) is 4.38. The Balaban J connectivity index is 1.74. The second-order valence-corrected chi connectivity index (χ2v) is 6.08. The van der Waals surface area contributed by atoms with Gasteiger partial charge >= 0.3 is 0 Å². The highest BCUT2D eigenvalue weighted by Gasteiger charge is 2.37. The van der Waals surface area contributed by atoms with Crippen LogP contribution < -0.4 is 5.01 Å². The van der Waals surface area contributed by atoms with E-state index in [1.54, 1.807) is 0 Å². The summed E-state index contributed by atoms with van der Waals surface area (Å²) < 4.78 is 0. The SMILES string of the molecule is O=C1C(c2ccccc2)C(Cc2ccccc2)=NN1c1ccccc1. The van der Waals surface area contributed by atoms with Crippen molar-refractivity contribution in [3.63, 3.8) is 0 Å². The number of para-hydroxylation sites is 1. The first-order valence-electron chi connectivity index (χ1n) is 8.38. The highest BCUT2D eigenvalue weighted by atomic mass is 16.2. The molecule has 1 heterocycles. The van der Waals surface area contributed by atoms with Gasteiger partial charge in [0, 0.05) is 6.42 Å². The molecule has 0 fully saturated rings. The largest absolute Gasteiger partial charge is 0.271 e. The summed E-state index contributed by atoms with van der Waals surface area (Å²) >= 11 is 0. The molecule has 1 unspecified atom stereocenters. The smallest absolute Gasteiger partial charge is 0.260 e. The molecule has 0 bridgehead atoms. The molecule has 0 N–H and O–H groups in total. The Hall–Kier alpha value is -3.20. The number of nitrogens with zero attached hydrogens (tertiary/aromatic N) is 2. The van der Waals surface area contributed by atoms with E-state index in [0.29, 0.717) is 6.42 Å². The minimum absolute atomic E-state index is 0.00308. The van der Waals surface area contributed by atoms with E-state index in [0.717, 1.165) is 22.5 Å². The van der Waals surface area contributed by atoms with Gasteiger partial charge in [-0.15, -0.1) is 0 Å². The van der Waals surface area contributed by atoms with Crippen molar-refractivity contribution in [3.05, 3.63) is 102 Å². The number of hydrogen-bond donors (Lipinski definition) is 0. The summed E-state index contributed by atoms with van der Waals surface area (Å²) in [6.45, 7) is 0. The van der Waals surface area contributed by atoms with Crippen LogP contribution in [0.5, 0.6) is 0 Å². The molecule has 3 nitrogen and oxygen atoms in total. The maximum absolute atomic E-state index is 13.1. The average Bonchev–Trinajstić information content (AvgIpc) is 3.00. The van der Waals surface area contributed by atoms with Gasteiger partial charge in [0.15, 0.2) is 0 Å². The molecule has 0 saturated heterocycles. The summed E-state index contributed by atoms with van der Waals surface area (Å²) in [6, 6.07) is 29.7. The molecule has 0 aromatic heterocycles. The highest BCUT2D eigenvalue weighted by Crippen LogP contribution is 2.31. The first-order valence-corrected chi connectivity index (χ1v) is 8.38. The predicted octanol–water partition coefficient (Wildman–Crippen LogP) is 4.42. The standard InChI is InChI=1S/C22H18N2O/c25-22-21(18-12-6-2-7-13-18)20(16-17-10-4-1-5-11-17)23-24(22)19-14-8-3-9-15-19/h1-15,21H,16H2. The van der Waals surface area contributed by atoms with Crippen LogP contribution in [0, 0.1) is 0 Å². The van der Waals surface area contributed by atoms with Crippen LogP contribution in [0.3, 0.4) is 0 Å². The minimum Gasteiger partial charge on any atom is -0.271 e. The zero-order valence-corrected chi connectivity index (χ0v) is 13.7. The Morgan fingerprint density at radius 3 is 1.96 bits per heavy atom. The van der Waals surface area contributed by atoms with Crippen LogP contribution in [0.4, 0.5) is 5.69 Å². The van der Waals surface area contributed by atoms with Crippen LogP contribution in [0.25, 0.3) is 0 Å². The number of carbonyl (C=O) groups is 1. The quantitative estimate of drug-likeness (QED) is 0.699. The van der Waals surface area contributed by atoms with Gasteiger partial charge in [-0.3, -0.25) is 4.79 Å². The van der Waals surface area contributed by atoms with E-state index in [4.69, 9.17) is 5.10 Å². The molecule has 122 valence electrons. The Morgan fingerprint density at radius 2 is 1.32 bits per heavy atom. The van der Waals surface area contributed by atoms with Crippen LogP contribution in [-0.2, 0) is 11.2 Å². The summed E-state index contributed by atoms with van der Waals surface area (Å²) in [4.78, 5) is 13.1. The molecule has 1 atom stereocenters. The first kappa shape index (κ1) is 15.3. The maximum atomic E-state index is 13.1. The molecule has 3 aromatic rings. The van der Waals surface area contributed by atoms with Crippen LogP contribution in [-0.4, -0.2) is 11.6 Å². The zero-order valence-electron chi connectivity index (χ0n) is 13.7. The normalized spacial score (nSPS) is 16.8. The zero-order chi connectivity index (χ0) is 17.1.